The van der Waals surface area contributed by atoms with Crippen LogP contribution in [0, 0.1) is 0 Å². The Kier molecular flexibility index (Phi) is 3.10. The average molecular weight is 223 g/mol. The fourth-order valence-electron chi connectivity index (χ4n) is 2.26. The number of nitrogens with zero attached hydrogens (tertiary/aromatic N) is 1. The summed E-state index contributed by atoms with van der Waals surface area (Å²) in [5, 5.41) is 1.21. The van der Waals surface area contributed by atoms with Gasteiger partial charge in [0.2, 0.25) is 0 Å². The van der Waals surface area contributed by atoms with Gasteiger partial charge < -0.3 is 0 Å². The molecule has 0 radical (unpaired) electrons. The molecule has 0 aliphatic heterocycles. The van der Waals surface area contributed by atoms with Gasteiger partial charge in [-0.15, -0.1) is 0 Å². The number of fused-ring (bicyclic) bond motifs is 1. The van der Waals surface area contributed by atoms with Crippen LogP contribution in [0.15, 0.2) is 37.4 Å². The van der Waals surface area contributed by atoms with E-state index in [0.717, 1.165) is 16.8 Å². The monoisotopic (exact) mass is 223 g/mol. The molecule has 0 aliphatic rings. The highest BCUT2D eigenvalue weighted by molar-refractivity contribution is 5.88. The Morgan fingerprint density at radius 1 is 1.12 bits per heavy atom. The molecule has 0 N–H and O–H groups in total. The van der Waals surface area contributed by atoms with Crippen LogP contribution >= 0.6 is 0 Å². The summed E-state index contributed by atoms with van der Waals surface area (Å²) in [5.41, 5.74) is 4.35. The zero-order valence-corrected chi connectivity index (χ0v) is 10.4. The third-order valence-corrected chi connectivity index (χ3v) is 2.98. The van der Waals surface area contributed by atoms with E-state index in [-0.39, 0.29) is 0 Å². The molecule has 0 amide bonds. The fraction of sp³-hybridized carbons (Fsp3) is 0.188. The maximum Gasteiger partial charge on any atom is 0.0712 e. The van der Waals surface area contributed by atoms with E-state index in [1.807, 2.05) is 18.2 Å². The lowest BCUT2D eigenvalue weighted by Gasteiger charge is -2.15. The number of hydrogen-bond donors (Lipinski definition) is 0. The van der Waals surface area contributed by atoms with E-state index in [2.05, 4.69) is 44.1 Å². The van der Waals surface area contributed by atoms with Gasteiger partial charge in [-0.2, -0.15) is 0 Å². The van der Waals surface area contributed by atoms with Gasteiger partial charge in [0.1, 0.15) is 0 Å². The standard InChI is InChI=1S/C16H17N/c1-5-12-14(6-2)17-15-10-8-7-9-13(15)16(12)11(3)4/h5-11H,1-2H2,3-4H3. The summed E-state index contributed by atoms with van der Waals surface area (Å²) in [4.78, 5) is 4.62. The van der Waals surface area contributed by atoms with Crippen LogP contribution < -0.4 is 0 Å². The van der Waals surface area contributed by atoms with Gasteiger partial charge in [0.25, 0.3) is 0 Å². The van der Waals surface area contributed by atoms with Gasteiger partial charge in [-0.05, 0) is 23.6 Å². The lowest BCUT2D eigenvalue weighted by Crippen LogP contribution is -1.99. The van der Waals surface area contributed by atoms with Gasteiger partial charge in [0.05, 0.1) is 11.2 Å². The SMILES string of the molecule is C=Cc1nc2ccccc2c(C(C)C)c1C=C. The molecular formula is C16H17N. The van der Waals surface area contributed by atoms with E-state index in [0.29, 0.717) is 5.92 Å². The first kappa shape index (κ1) is 11.6. The molecule has 0 saturated heterocycles. The predicted molar refractivity (Wildman–Crippen MR) is 76.0 cm³/mol. The highest BCUT2D eigenvalue weighted by atomic mass is 14.7. The van der Waals surface area contributed by atoms with Gasteiger partial charge in [-0.3, -0.25) is 0 Å². The molecule has 0 fully saturated rings. The lowest BCUT2D eigenvalue weighted by atomic mass is 9.92. The molecule has 0 bridgehead atoms. The maximum absolute atomic E-state index is 4.62. The second kappa shape index (κ2) is 4.54. The van der Waals surface area contributed by atoms with Crippen molar-refractivity contribution in [2.75, 3.05) is 0 Å². The van der Waals surface area contributed by atoms with Crippen molar-refractivity contribution in [3.05, 3.63) is 54.2 Å². The van der Waals surface area contributed by atoms with E-state index < -0.39 is 0 Å². The van der Waals surface area contributed by atoms with Crippen LogP contribution in [0.4, 0.5) is 0 Å². The molecule has 1 aromatic carbocycles. The van der Waals surface area contributed by atoms with Crippen molar-refractivity contribution < 1.29 is 0 Å². The molecule has 0 aliphatic carbocycles. The van der Waals surface area contributed by atoms with Crippen LogP contribution in [0.2, 0.25) is 0 Å². The molecule has 17 heavy (non-hydrogen) atoms. The molecule has 0 atom stereocenters. The zero-order chi connectivity index (χ0) is 12.4. The van der Waals surface area contributed by atoms with Crippen LogP contribution in [0.3, 0.4) is 0 Å². The number of aromatic nitrogens is 1. The van der Waals surface area contributed by atoms with Crippen LogP contribution in [0.25, 0.3) is 23.1 Å². The normalized spacial score (nSPS) is 10.8. The van der Waals surface area contributed by atoms with Crippen molar-refractivity contribution in [1.82, 2.24) is 4.98 Å². The molecular weight excluding hydrogens is 206 g/mol. The molecule has 2 rings (SSSR count). The highest BCUT2D eigenvalue weighted by Crippen LogP contribution is 2.30. The molecule has 86 valence electrons. The van der Waals surface area contributed by atoms with E-state index in [1.165, 1.54) is 10.9 Å². The first-order valence-electron chi connectivity index (χ1n) is 5.86. The molecule has 1 aromatic heterocycles. The maximum atomic E-state index is 4.62. The summed E-state index contributed by atoms with van der Waals surface area (Å²) in [5.74, 6) is 0.439. The summed E-state index contributed by atoms with van der Waals surface area (Å²) in [6, 6.07) is 8.23. The molecule has 0 unspecified atom stereocenters. The smallest absolute Gasteiger partial charge is 0.0712 e. The van der Waals surface area contributed by atoms with Crippen molar-refractivity contribution in [3.63, 3.8) is 0 Å². The molecule has 1 nitrogen and oxygen atoms in total. The predicted octanol–water partition coefficient (Wildman–Crippen LogP) is 4.64. The Bertz CT molecular complexity index is 579. The van der Waals surface area contributed by atoms with Crippen molar-refractivity contribution in [1.29, 1.82) is 0 Å². The third-order valence-electron chi connectivity index (χ3n) is 2.98. The summed E-state index contributed by atoms with van der Waals surface area (Å²) in [6.07, 6.45) is 3.68. The highest BCUT2D eigenvalue weighted by Gasteiger charge is 2.13. The van der Waals surface area contributed by atoms with Gasteiger partial charge in [-0.1, -0.05) is 51.3 Å². The first-order valence-corrected chi connectivity index (χ1v) is 5.86. The second-order valence-corrected chi connectivity index (χ2v) is 4.40. The summed E-state index contributed by atoms with van der Waals surface area (Å²) in [7, 11) is 0. The van der Waals surface area contributed by atoms with Crippen molar-refractivity contribution >= 4 is 23.1 Å². The summed E-state index contributed by atoms with van der Waals surface area (Å²) < 4.78 is 0. The van der Waals surface area contributed by atoms with Gasteiger partial charge in [0, 0.05) is 10.9 Å². The average Bonchev–Trinajstić information content (AvgIpc) is 2.35. The Hall–Kier alpha value is -1.89. The minimum atomic E-state index is 0.439. The van der Waals surface area contributed by atoms with Crippen LogP contribution in [0.5, 0.6) is 0 Å². The van der Waals surface area contributed by atoms with Gasteiger partial charge in [-0.25, -0.2) is 4.98 Å². The topological polar surface area (TPSA) is 12.9 Å². The van der Waals surface area contributed by atoms with E-state index in [4.69, 9.17) is 0 Å². The molecule has 0 spiro atoms. The van der Waals surface area contributed by atoms with Gasteiger partial charge in [0.15, 0.2) is 0 Å². The summed E-state index contributed by atoms with van der Waals surface area (Å²) in [6.45, 7) is 12.1. The van der Waals surface area contributed by atoms with Crippen LogP contribution in [-0.2, 0) is 0 Å². The third kappa shape index (κ3) is 1.89. The Balaban J connectivity index is 2.95. The Morgan fingerprint density at radius 2 is 1.82 bits per heavy atom. The quantitative estimate of drug-likeness (QED) is 0.738. The van der Waals surface area contributed by atoms with Crippen LogP contribution in [-0.4, -0.2) is 4.98 Å². The van der Waals surface area contributed by atoms with Crippen LogP contribution in [0.1, 0.15) is 36.6 Å². The largest absolute Gasteiger partial charge is 0.248 e. The second-order valence-electron chi connectivity index (χ2n) is 4.40. The number of pyridine rings is 1. The minimum Gasteiger partial charge on any atom is -0.248 e. The minimum absolute atomic E-state index is 0.439. The van der Waals surface area contributed by atoms with E-state index >= 15 is 0 Å². The van der Waals surface area contributed by atoms with Crippen molar-refractivity contribution in [2.24, 2.45) is 0 Å². The Morgan fingerprint density at radius 3 is 2.41 bits per heavy atom. The number of rotatable bonds is 3. The molecule has 1 heteroatoms. The molecule has 0 saturated carbocycles. The summed E-state index contributed by atoms with van der Waals surface area (Å²) >= 11 is 0. The zero-order valence-electron chi connectivity index (χ0n) is 10.4. The number of hydrogen-bond acceptors (Lipinski definition) is 1. The fourth-order valence-corrected chi connectivity index (χ4v) is 2.26. The number of benzene rings is 1. The lowest BCUT2D eigenvalue weighted by molar-refractivity contribution is 0.871. The van der Waals surface area contributed by atoms with E-state index in [9.17, 15) is 0 Å². The Labute approximate surface area is 103 Å². The molecule has 1 heterocycles. The van der Waals surface area contributed by atoms with Gasteiger partial charge >= 0.3 is 0 Å². The molecule has 2 aromatic rings. The van der Waals surface area contributed by atoms with Crippen molar-refractivity contribution in [3.8, 4) is 0 Å². The number of para-hydroxylation sites is 1. The van der Waals surface area contributed by atoms with E-state index in [1.54, 1.807) is 6.08 Å². The first-order chi connectivity index (χ1) is 8.19. The van der Waals surface area contributed by atoms with Crippen molar-refractivity contribution in [2.45, 2.75) is 19.8 Å².